The number of nitro benzene ring substituents is 1. The molecule has 12 heteroatoms. The SMILES string of the molecule is CC[C@@H](C(=O)OC)N(C(C)=O)C1=NC(c2ccc([N+](=O)[O-])cc2)=C(C(F)(F)F)C2[C@H]1c1ccccc1N2C. The van der Waals surface area contributed by atoms with Gasteiger partial charge in [-0.25, -0.2) is 9.79 Å². The molecule has 200 valence electrons. The van der Waals surface area contributed by atoms with E-state index in [0.717, 1.165) is 24.1 Å². The molecule has 9 nitrogen and oxygen atoms in total. The number of ether oxygens (including phenoxy) is 1. The number of amidine groups is 1. The number of benzene rings is 2. The number of fused-ring (bicyclic) bond motifs is 3. The van der Waals surface area contributed by atoms with Gasteiger partial charge in [0.25, 0.3) is 5.69 Å². The van der Waals surface area contributed by atoms with Crippen LogP contribution in [0.15, 0.2) is 59.1 Å². The maximum absolute atomic E-state index is 14.8. The molecule has 0 saturated carbocycles. The molecule has 0 radical (unpaired) electrons. The average Bonchev–Trinajstić information content (AvgIpc) is 3.17. The second-order valence-corrected chi connectivity index (χ2v) is 8.96. The lowest BCUT2D eigenvalue weighted by Gasteiger charge is -2.40. The number of likely N-dealkylation sites (N-methyl/N-ethyl adjacent to an activating group) is 1. The number of para-hydroxylation sites is 1. The first-order valence-corrected chi connectivity index (χ1v) is 11.8. The number of hydrogen-bond donors (Lipinski definition) is 0. The topological polar surface area (TPSA) is 105 Å². The Balaban J connectivity index is 2.06. The monoisotopic (exact) mass is 530 g/mol. The Bertz CT molecular complexity index is 1350. The van der Waals surface area contributed by atoms with Gasteiger partial charge in [0.1, 0.15) is 11.9 Å². The van der Waals surface area contributed by atoms with E-state index in [1.54, 1.807) is 31.2 Å². The number of alkyl halides is 3. The van der Waals surface area contributed by atoms with E-state index in [-0.39, 0.29) is 23.5 Å². The Hall–Kier alpha value is -4.22. The number of rotatable bonds is 5. The van der Waals surface area contributed by atoms with E-state index in [4.69, 9.17) is 4.74 Å². The van der Waals surface area contributed by atoms with Crippen LogP contribution in [-0.4, -0.2) is 60.0 Å². The number of anilines is 1. The lowest BCUT2D eigenvalue weighted by molar-refractivity contribution is -0.384. The summed E-state index contributed by atoms with van der Waals surface area (Å²) in [4.78, 5) is 43.2. The summed E-state index contributed by atoms with van der Waals surface area (Å²) >= 11 is 0. The highest BCUT2D eigenvalue weighted by Crippen LogP contribution is 2.52. The number of esters is 1. The van der Waals surface area contributed by atoms with Crippen molar-refractivity contribution in [1.82, 2.24) is 4.90 Å². The number of carbonyl (C=O) groups is 2. The molecule has 2 aromatic rings. The van der Waals surface area contributed by atoms with Crippen LogP contribution in [0.5, 0.6) is 0 Å². The van der Waals surface area contributed by atoms with Crippen molar-refractivity contribution in [1.29, 1.82) is 0 Å². The van der Waals surface area contributed by atoms with Gasteiger partial charge in [-0.1, -0.05) is 25.1 Å². The summed E-state index contributed by atoms with van der Waals surface area (Å²) in [5, 5.41) is 11.1. The van der Waals surface area contributed by atoms with E-state index in [9.17, 15) is 32.9 Å². The first-order valence-electron chi connectivity index (χ1n) is 11.8. The summed E-state index contributed by atoms with van der Waals surface area (Å²) in [5.74, 6) is -2.38. The van der Waals surface area contributed by atoms with Crippen LogP contribution in [0.1, 0.15) is 37.3 Å². The Kier molecular flexibility index (Phi) is 7.00. The summed E-state index contributed by atoms with van der Waals surface area (Å²) in [7, 11) is 2.69. The van der Waals surface area contributed by atoms with E-state index < -0.39 is 52.2 Å². The smallest absolute Gasteiger partial charge is 0.416 e. The predicted molar refractivity (Wildman–Crippen MR) is 133 cm³/mol. The number of non-ortho nitro benzene ring substituents is 1. The standard InChI is InChI=1S/C26H25F3N4O5/c1-5-18(25(35)38-4)32(14(2)34)24-20-17-8-6-7-9-19(17)31(3)23(20)21(26(27,28)29)22(30-24)15-10-12-16(13-11-15)33(36)37/h6-13,18,20,23H,5H2,1-4H3/t18-,20+,23?/m0/s1. The molecular weight excluding hydrogens is 505 g/mol. The van der Waals surface area contributed by atoms with Crippen LogP contribution in [0.25, 0.3) is 5.70 Å². The molecule has 0 saturated heterocycles. The zero-order valence-corrected chi connectivity index (χ0v) is 21.0. The van der Waals surface area contributed by atoms with Gasteiger partial charge in [0.05, 0.1) is 35.3 Å². The van der Waals surface area contributed by atoms with Crippen molar-refractivity contribution < 1.29 is 32.4 Å². The number of aliphatic imine (C=N–C) groups is 1. The molecule has 2 aliphatic heterocycles. The van der Waals surface area contributed by atoms with Crippen LogP contribution < -0.4 is 4.90 Å². The summed E-state index contributed by atoms with van der Waals surface area (Å²) in [6.45, 7) is 2.86. The number of methoxy groups -OCH3 is 1. The quantitative estimate of drug-likeness (QED) is 0.316. The molecule has 3 atom stereocenters. The second kappa shape index (κ2) is 9.92. The minimum Gasteiger partial charge on any atom is -0.467 e. The first-order chi connectivity index (χ1) is 17.9. The molecule has 2 aliphatic rings. The molecule has 0 aliphatic carbocycles. The largest absolute Gasteiger partial charge is 0.467 e. The lowest BCUT2D eigenvalue weighted by atomic mass is 9.83. The summed E-state index contributed by atoms with van der Waals surface area (Å²) in [6, 6.07) is 8.87. The molecule has 38 heavy (non-hydrogen) atoms. The van der Waals surface area contributed by atoms with Crippen LogP contribution in [-0.2, 0) is 14.3 Å². The van der Waals surface area contributed by atoms with E-state index in [1.807, 2.05) is 0 Å². The third-order valence-electron chi connectivity index (χ3n) is 6.85. The highest BCUT2D eigenvalue weighted by Gasteiger charge is 2.55. The normalized spacial score (nSPS) is 19.3. The molecule has 0 aromatic heterocycles. The Morgan fingerprint density at radius 2 is 1.82 bits per heavy atom. The highest BCUT2D eigenvalue weighted by molar-refractivity contribution is 6.09. The molecule has 0 N–H and O–H groups in total. The molecule has 4 rings (SSSR count). The van der Waals surface area contributed by atoms with Gasteiger partial charge in [-0.2, -0.15) is 13.2 Å². The minimum absolute atomic E-state index is 0.0159. The first kappa shape index (κ1) is 26.8. The van der Waals surface area contributed by atoms with E-state index in [1.165, 1.54) is 31.0 Å². The number of halogens is 3. The number of carbonyl (C=O) groups excluding carboxylic acids is 2. The molecular formula is C26H25F3N4O5. The molecule has 0 bridgehead atoms. The molecule has 2 heterocycles. The third kappa shape index (κ3) is 4.39. The van der Waals surface area contributed by atoms with Crippen molar-refractivity contribution in [3.63, 3.8) is 0 Å². The van der Waals surface area contributed by atoms with Gasteiger partial charge in [0, 0.05) is 37.4 Å². The van der Waals surface area contributed by atoms with Gasteiger partial charge in [-0.3, -0.25) is 19.8 Å². The lowest BCUT2D eigenvalue weighted by Crippen LogP contribution is -2.54. The van der Waals surface area contributed by atoms with Crippen molar-refractivity contribution in [3.05, 3.63) is 75.3 Å². The van der Waals surface area contributed by atoms with E-state index in [0.29, 0.717) is 11.3 Å². The Labute approximate surface area is 216 Å². The highest BCUT2D eigenvalue weighted by atomic mass is 19.4. The molecule has 2 aromatic carbocycles. The van der Waals surface area contributed by atoms with Crippen LogP contribution >= 0.6 is 0 Å². The van der Waals surface area contributed by atoms with Gasteiger partial charge in [-0.05, 0) is 30.2 Å². The van der Waals surface area contributed by atoms with Gasteiger partial charge < -0.3 is 9.64 Å². The van der Waals surface area contributed by atoms with Gasteiger partial charge in [-0.15, -0.1) is 0 Å². The fourth-order valence-electron chi connectivity index (χ4n) is 5.24. The molecule has 1 unspecified atom stereocenters. The number of nitro groups is 1. The number of nitrogens with zero attached hydrogens (tertiary/aromatic N) is 4. The van der Waals surface area contributed by atoms with Gasteiger partial charge in [0.2, 0.25) is 5.91 Å². The van der Waals surface area contributed by atoms with Crippen molar-refractivity contribution in [2.24, 2.45) is 4.99 Å². The maximum Gasteiger partial charge on any atom is 0.416 e. The Morgan fingerprint density at radius 1 is 1.18 bits per heavy atom. The van der Waals surface area contributed by atoms with Gasteiger partial charge >= 0.3 is 12.1 Å². The maximum atomic E-state index is 14.8. The van der Waals surface area contributed by atoms with Crippen molar-refractivity contribution in [3.8, 4) is 0 Å². The predicted octanol–water partition coefficient (Wildman–Crippen LogP) is 4.68. The zero-order chi connectivity index (χ0) is 27.9. The van der Waals surface area contributed by atoms with Crippen molar-refractivity contribution >= 4 is 34.8 Å². The summed E-state index contributed by atoms with van der Waals surface area (Å²) in [6.07, 6.45) is -4.71. The van der Waals surface area contributed by atoms with Crippen molar-refractivity contribution in [2.45, 2.75) is 44.4 Å². The Morgan fingerprint density at radius 3 is 2.34 bits per heavy atom. The third-order valence-corrected chi connectivity index (χ3v) is 6.85. The average molecular weight is 531 g/mol. The molecule has 1 amide bonds. The zero-order valence-electron chi connectivity index (χ0n) is 21.0. The van der Waals surface area contributed by atoms with Crippen LogP contribution in [0.4, 0.5) is 24.5 Å². The molecule has 0 spiro atoms. The van der Waals surface area contributed by atoms with E-state index in [2.05, 4.69) is 4.99 Å². The molecule has 0 fully saturated rings. The number of amides is 1. The van der Waals surface area contributed by atoms with Gasteiger partial charge in [0.15, 0.2) is 0 Å². The van der Waals surface area contributed by atoms with Crippen LogP contribution in [0.3, 0.4) is 0 Å². The minimum atomic E-state index is -4.83. The van der Waals surface area contributed by atoms with E-state index >= 15 is 0 Å². The van der Waals surface area contributed by atoms with Crippen molar-refractivity contribution in [2.75, 3.05) is 19.1 Å². The fourth-order valence-corrected chi connectivity index (χ4v) is 5.24. The fraction of sp³-hybridized carbons (Fsp3) is 0.346. The number of hydrogen-bond acceptors (Lipinski definition) is 7. The second-order valence-electron chi connectivity index (χ2n) is 8.96. The van der Waals surface area contributed by atoms with Crippen LogP contribution in [0.2, 0.25) is 0 Å². The summed E-state index contributed by atoms with van der Waals surface area (Å²) < 4.78 is 49.3. The summed E-state index contributed by atoms with van der Waals surface area (Å²) in [5.41, 5.74) is -0.695. The van der Waals surface area contributed by atoms with Crippen LogP contribution in [0, 0.1) is 10.1 Å².